The third kappa shape index (κ3) is 3.24. The Hall–Kier alpha value is -1.71. The number of carbonyl (C=O) groups is 1. The van der Waals surface area contributed by atoms with Gasteiger partial charge in [0.25, 0.3) is 5.91 Å². The van der Waals surface area contributed by atoms with Crippen molar-refractivity contribution in [2.45, 2.75) is 37.6 Å². The Kier molecular flexibility index (Phi) is 4.75. The molecule has 2 aromatic rings. The predicted octanol–water partition coefficient (Wildman–Crippen LogP) is 1.94. The van der Waals surface area contributed by atoms with Crippen molar-refractivity contribution in [1.29, 1.82) is 0 Å². The average Bonchev–Trinajstić information content (AvgIpc) is 3.18. The summed E-state index contributed by atoms with van der Waals surface area (Å²) in [5.74, 6) is 0.206. The molecule has 1 amide bonds. The summed E-state index contributed by atoms with van der Waals surface area (Å²) in [6.07, 6.45) is 1.17. The van der Waals surface area contributed by atoms with E-state index in [4.69, 9.17) is 4.52 Å². The molecule has 2 aromatic heterocycles. The first-order valence-electron chi connectivity index (χ1n) is 7.67. The van der Waals surface area contributed by atoms with Crippen LogP contribution in [0.2, 0.25) is 0 Å². The molecule has 0 atom stereocenters. The van der Waals surface area contributed by atoms with Gasteiger partial charge in [-0.15, -0.1) is 11.3 Å². The first-order chi connectivity index (χ1) is 11.4. The van der Waals surface area contributed by atoms with Gasteiger partial charge in [0, 0.05) is 19.1 Å². The van der Waals surface area contributed by atoms with Crippen molar-refractivity contribution in [3.05, 3.63) is 33.8 Å². The topological polar surface area (TPSA) is 92.5 Å². The third-order valence-electron chi connectivity index (χ3n) is 4.10. The van der Waals surface area contributed by atoms with Crippen LogP contribution >= 0.6 is 11.3 Å². The molecule has 0 aliphatic carbocycles. The molecule has 0 radical (unpaired) electrons. The van der Waals surface area contributed by atoms with Gasteiger partial charge in [-0.05, 0) is 38.1 Å². The van der Waals surface area contributed by atoms with Gasteiger partial charge in [0.15, 0.2) is 5.76 Å². The second kappa shape index (κ2) is 6.66. The maximum Gasteiger partial charge on any atom is 0.261 e. The van der Waals surface area contributed by atoms with Gasteiger partial charge in [-0.2, -0.15) is 4.31 Å². The maximum atomic E-state index is 12.7. The van der Waals surface area contributed by atoms with Crippen LogP contribution in [0.5, 0.6) is 0 Å². The van der Waals surface area contributed by atoms with E-state index < -0.39 is 10.0 Å². The highest BCUT2D eigenvalue weighted by atomic mass is 32.2. The second-order valence-corrected chi connectivity index (χ2v) is 8.60. The lowest BCUT2D eigenvalue weighted by Gasteiger charge is -2.31. The molecule has 130 valence electrons. The predicted molar refractivity (Wildman–Crippen MR) is 89.5 cm³/mol. The van der Waals surface area contributed by atoms with Crippen molar-refractivity contribution in [3.8, 4) is 0 Å². The summed E-state index contributed by atoms with van der Waals surface area (Å²) in [7, 11) is -3.61. The number of hydrogen-bond donors (Lipinski definition) is 1. The number of nitrogens with one attached hydrogen (secondary N) is 1. The van der Waals surface area contributed by atoms with Crippen molar-refractivity contribution < 1.29 is 17.7 Å². The highest BCUT2D eigenvalue weighted by Crippen LogP contribution is 2.26. The lowest BCUT2D eigenvalue weighted by Crippen LogP contribution is -2.46. The molecule has 0 bridgehead atoms. The Bertz CT molecular complexity index is 800. The van der Waals surface area contributed by atoms with Gasteiger partial charge >= 0.3 is 0 Å². The molecule has 0 saturated carbocycles. The molecule has 1 aliphatic heterocycles. The number of piperidine rings is 1. The number of sulfonamides is 1. The van der Waals surface area contributed by atoms with Crippen LogP contribution in [0.25, 0.3) is 0 Å². The van der Waals surface area contributed by atoms with E-state index in [0.29, 0.717) is 42.3 Å². The molecule has 3 rings (SSSR count). The number of aryl methyl sites for hydroxylation is 2. The minimum atomic E-state index is -3.61. The number of carbonyl (C=O) groups excluding carboxylic acids is 1. The van der Waals surface area contributed by atoms with Crippen molar-refractivity contribution in [1.82, 2.24) is 14.8 Å². The van der Waals surface area contributed by atoms with E-state index in [2.05, 4.69) is 10.5 Å². The summed E-state index contributed by atoms with van der Waals surface area (Å²) in [6.45, 7) is 3.95. The number of rotatable bonds is 4. The zero-order valence-electron chi connectivity index (χ0n) is 13.5. The molecule has 1 N–H and O–H groups in total. The standard InChI is InChI=1S/C15H19N3O4S2/c1-10-14(11(2)22-17-10)24(20,21)18-7-5-12(6-8-18)16-15(19)13-4-3-9-23-13/h3-4,9,12H,5-8H2,1-2H3,(H,16,19). The fourth-order valence-corrected chi connectivity index (χ4v) is 5.26. The number of thiophene rings is 1. The molecular formula is C15H19N3O4S2. The quantitative estimate of drug-likeness (QED) is 0.889. The van der Waals surface area contributed by atoms with Crippen LogP contribution < -0.4 is 5.32 Å². The molecule has 1 fully saturated rings. The Labute approximate surface area is 144 Å². The summed E-state index contributed by atoms with van der Waals surface area (Å²) in [4.78, 5) is 12.9. The van der Waals surface area contributed by atoms with Crippen molar-refractivity contribution in [2.75, 3.05) is 13.1 Å². The molecule has 0 spiro atoms. The lowest BCUT2D eigenvalue weighted by atomic mass is 10.1. The monoisotopic (exact) mass is 369 g/mol. The Morgan fingerprint density at radius 2 is 2.08 bits per heavy atom. The van der Waals surface area contributed by atoms with Gasteiger partial charge in [0.2, 0.25) is 10.0 Å². The lowest BCUT2D eigenvalue weighted by molar-refractivity contribution is 0.0928. The third-order valence-corrected chi connectivity index (χ3v) is 7.11. The van der Waals surface area contributed by atoms with Crippen LogP contribution in [0, 0.1) is 13.8 Å². The second-order valence-electron chi connectivity index (χ2n) is 5.78. The smallest absolute Gasteiger partial charge is 0.261 e. The zero-order chi connectivity index (χ0) is 17.3. The normalized spacial score (nSPS) is 17.1. The van der Waals surface area contributed by atoms with Gasteiger partial charge in [0.1, 0.15) is 10.6 Å². The van der Waals surface area contributed by atoms with E-state index in [0.717, 1.165) is 0 Å². The van der Waals surface area contributed by atoms with Gasteiger partial charge in [0.05, 0.1) is 4.88 Å². The molecule has 0 unspecified atom stereocenters. The molecule has 7 nitrogen and oxygen atoms in total. The molecule has 9 heteroatoms. The molecule has 1 aliphatic rings. The highest BCUT2D eigenvalue weighted by Gasteiger charge is 2.34. The summed E-state index contributed by atoms with van der Waals surface area (Å²) in [5, 5.41) is 8.55. The number of hydrogen-bond acceptors (Lipinski definition) is 6. The number of aromatic nitrogens is 1. The summed E-state index contributed by atoms with van der Waals surface area (Å²) in [5.41, 5.74) is 0.376. The molecule has 24 heavy (non-hydrogen) atoms. The van der Waals surface area contributed by atoms with Crippen molar-refractivity contribution in [2.24, 2.45) is 0 Å². The zero-order valence-corrected chi connectivity index (χ0v) is 15.1. The van der Waals surface area contributed by atoms with Crippen LogP contribution in [-0.2, 0) is 10.0 Å². The molecule has 3 heterocycles. The SMILES string of the molecule is Cc1noc(C)c1S(=O)(=O)N1CCC(NC(=O)c2cccs2)CC1. The number of nitrogens with zero attached hydrogens (tertiary/aromatic N) is 2. The number of amides is 1. The van der Waals surface area contributed by atoms with E-state index in [9.17, 15) is 13.2 Å². The molecule has 1 saturated heterocycles. The summed E-state index contributed by atoms with van der Waals surface area (Å²) >= 11 is 1.39. The van der Waals surface area contributed by atoms with Crippen molar-refractivity contribution >= 4 is 27.3 Å². The van der Waals surface area contributed by atoms with Gasteiger partial charge in [-0.1, -0.05) is 11.2 Å². The largest absolute Gasteiger partial charge is 0.360 e. The minimum Gasteiger partial charge on any atom is -0.360 e. The summed E-state index contributed by atoms with van der Waals surface area (Å²) < 4.78 is 31.9. The Balaban J connectivity index is 1.64. The summed E-state index contributed by atoms with van der Waals surface area (Å²) in [6, 6.07) is 3.59. The van der Waals surface area contributed by atoms with Crippen molar-refractivity contribution in [3.63, 3.8) is 0 Å². The molecular weight excluding hydrogens is 350 g/mol. The van der Waals surface area contributed by atoms with Crippen LogP contribution in [0.1, 0.15) is 34.0 Å². The highest BCUT2D eigenvalue weighted by molar-refractivity contribution is 7.89. The average molecular weight is 369 g/mol. The van der Waals surface area contributed by atoms with E-state index in [1.54, 1.807) is 19.9 Å². The van der Waals surface area contributed by atoms with E-state index >= 15 is 0 Å². The van der Waals surface area contributed by atoms with E-state index in [1.165, 1.54) is 15.6 Å². The first kappa shape index (κ1) is 17.1. The van der Waals surface area contributed by atoms with Crippen LogP contribution in [0.15, 0.2) is 26.9 Å². The van der Waals surface area contributed by atoms with Gasteiger partial charge in [-0.3, -0.25) is 4.79 Å². The van der Waals surface area contributed by atoms with E-state index in [-0.39, 0.29) is 16.8 Å². The molecule has 0 aromatic carbocycles. The van der Waals surface area contributed by atoms with Crippen LogP contribution in [-0.4, -0.2) is 42.9 Å². The van der Waals surface area contributed by atoms with Crippen LogP contribution in [0.4, 0.5) is 0 Å². The Morgan fingerprint density at radius 1 is 1.38 bits per heavy atom. The van der Waals surface area contributed by atoms with Crippen LogP contribution in [0.3, 0.4) is 0 Å². The van der Waals surface area contributed by atoms with Gasteiger partial charge in [-0.25, -0.2) is 8.42 Å². The fraction of sp³-hybridized carbons (Fsp3) is 0.467. The minimum absolute atomic E-state index is 0.0179. The first-order valence-corrected chi connectivity index (χ1v) is 9.99. The van der Waals surface area contributed by atoms with E-state index in [1.807, 2.05) is 11.4 Å². The fourth-order valence-electron chi connectivity index (χ4n) is 2.88. The maximum absolute atomic E-state index is 12.7. The van der Waals surface area contributed by atoms with Gasteiger partial charge < -0.3 is 9.84 Å². The Morgan fingerprint density at radius 3 is 2.62 bits per heavy atom.